The van der Waals surface area contributed by atoms with Crippen LogP contribution in [0.2, 0.25) is 5.02 Å². The van der Waals surface area contributed by atoms with Gasteiger partial charge in [-0.25, -0.2) is 8.42 Å². The maximum atomic E-state index is 14.0. The Morgan fingerprint density at radius 2 is 1.65 bits per heavy atom. The van der Waals surface area contributed by atoms with Gasteiger partial charge in [-0.15, -0.1) is 0 Å². The topological polar surface area (TPSA) is 86.8 Å². The first kappa shape index (κ1) is 30.3. The molecule has 1 aliphatic carbocycles. The molecule has 0 bridgehead atoms. The zero-order valence-electron chi connectivity index (χ0n) is 22.3. The molecule has 40 heavy (non-hydrogen) atoms. The van der Waals surface area contributed by atoms with Gasteiger partial charge in [0.2, 0.25) is 11.8 Å². The van der Waals surface area contributed by atoms with Crippen molar-refractivity contribution in [2.24, 2.45) is 0 Å². The average Bonchev–Trinajstić information content (AvgIpc) is 2.95. The van der Waals surface area contributed by atoms with Crippen LogP contribution in [0.3, 0.4) is 0 Å². The largest absolute Gasteiger partial charge is 0.352 e. The Kier molecular flexibility index (Phi) is 10.5. The molecule has 2 amide bonds. The maximum absolute atomic E-state index is 14.0. The number of hydrogen-bond donors (Lipinski definition) is 1. The third-order valence-corrected chi connectivity index (χ3v) is 9.83. The number of anilines is 1. The van der Waals surface area contributed by atoms with Crippen LogP contribution in [-0.2, 0) is 26.2 Å². The normalized spacial score (nSPS) is 14.8. The third kappa shape index (κ3) is 7.76. The molecule has 0 heterocycles. The van der Waals surface area contributed by atoms with Crippen LogP contribution in [0, 0.1) is 3.57 Å². The molecule has 0 aliphatic heterocycles. The van der Waals surface area contributed by atoms with Crippen molar-refractivity contribution in [1.29, 1.82) is 0 Å². The van der Waals surface area contributed by atoms with E-state index in [4.69, 9.17) is 11.6 Å². The van der Waals surface area contributed by atoms with Gasteiger partial charge in [0.15, 0.2) is 0 Å². The number of amides is 2. The Bertz CT molecular complexity index is 1410. The zero-order valence-corrected chi connectivity index (χ0v) is 26.0. The van der Waals surface area contributed by atoms with Crippen molar-refractivity contribution in [1.82, 2.24) is 10.2 Å². The van der Waals surface area contributed by atoms with Crippen molar-refractivity contribution in [2.45, 2.75) is 62.6 Å². The number of nitrogens with zero attached hydrogens (tertiary/aromatic N) is 2. The van der Waals surface area contributed by atoms with E-state index in [1.54, 1.807) is 67.6 Å². The van der Waals surface area contributed by atoms with Gasteiger partial charge in [0, 0.05) is 21.2 Å². The summed E-state index contributed by atoms with van der Waals surface area (Å²) in [6, 6.07) is 21.3. The predicted octanol–water partition coefficient (Wildman–Crippen LogP) is 6.01. The van der Waals surface area contributed by atoms with Crippen molar-refractivity contribution in [2.75, 3.05) is 10.8 Å². The highest BCUT2D eigenvalue weighted by Gasteiger charge is 2.33. The first-order valence-corrected chi connectivity index (χ1v) is 16.2. The lowest BCUT2D eigenvalue weighted by Crippen LogP contribution is -2.53. The number of hydrogen-bond acceptors (Lipinski definition) is 4. The Morgan fingerprint density at radius 3 is 2.30 bits per heavy atom. The second-order valence-corrected chi connectivity index (χ2v) is 13.5. The lowest BCUT2D eigenvalue weighted by Gasteiger charge is -2.33. The molecule has 212 valence electrons. The molecule has 1 unspecified atom stereocenters. The molecule has 0 aromatic heterocycles. The summed E-state index contributed by atoms with van der Waals surface area (Å²) in [5.74, 6) is -0.752. The van der Waals surface area contributed by atoms with E-state index in [1.807, 2.05) is 6.07 Å². The van der Waals surface area contributed by atoms with Crippen molar-refractivity contribution >= 4 is 61.7 Å². The molecule has 1 saturated carbocycles. The molecule has 3 aromatic rings. The molecule has 7 nitrogen and oxygen atoms in total. The molecule has 1 fully saturated rings. The minimum absolute atomic E-state index is 0.0748. The molecule has 1 atom stereocenters. The van der Waals surface area contributed by atoms with E-state index in [2.05, 4.69) is 27.9 Å². The highest BCUT2D eigenvalue weighted by atomic mass is 127. The average molecular weight is 694 g/mol. The summed E-state index contributed by atoms with van der Waals surface area (Å²) in [5, 5.41) is 3.62. The van der Waals surface area contributed by atoms with Crippen molar-refractivity contribution in [3.05, 3.63) is 93.0 Å². The Hall–Kier alpha value is -2.63. The SMILES string of the molecule is CC(C(=O)NC1CCCCC1)N(Cc1cccc(Cl)c1)C(=O)CN(c1ccc(I)cc1)S(=O)(=O)c1ccccc1. The molecular formula is C30H33ClIN3O4S. The van der Waals surface area contributed by atoms with Crippen molar-refractivity contribution < 1.29 is 18.0 Å². The molecule has 3 aromatic carbocycles. The van der Waals surface area contributed by atoms with Crippen LogP contribution >= 0.6 is 34.2 Å². The van der Waals surface area contributed by atoms with E-state index in [-0.39, 0.29) is 23.4 Å². The van der Waals surface area contributed by atoms with Crippen molar-refractivity contribution in [3.63, 3.8) is 0 Å². The molecule has 0 spiro atoms. The minimum Gasteiger partial charge on any atom is -0.352 e. The number of sulfonamides is 1. The van der Waals surface area contributed by atoms with Crippen molar-refractivity contribution in [3.8, 4) is 0 Å². The standard InChI is InChI=1S/C30H33ClIN3O4S/c1-22(30(37)33-26-11-4-2-5-12-26)34(20-23-9-8-10-24(31)19-23)29(36)21-35(27-17-15-25(32)16-18-27)40(38,39)28-13-6-3-7-14-28/h3,6-10,13-19,22,26H,2,4-5,11-12,20-21H2,1H3,(H,33,37). The van der Waals surface area contributed by atoms with Crippen LogP contribution < -0.4 is 9.62 Å². The molecule has 1 aliphatic rings. The second-order valence-electron chi connectivity index (χ2n) is 9.97. The Morgan fingerprint density at radius 1 is 0.975 bits per heavy atom. The number of carbonyl (C=O) groups excluding carboxylic acids is 2. The highest BCUT2D eigenvalue weighted by molar-refractivity contribution is 14.1. The number of rotatable bonds is 10. The Balaban J connectivity index is 1.66. The van der Waals surface area contributed by atoms with Crippen LogP contribution in [0.5, 0.6) is 0 Å². The summed E-state index contributed by atoms with van der Waals surface area (Å²) in [6.07, 6.45) is 5.11. The number of halogens is 2. The third-order valence-electron chi connectivity index (χ3n) is 7.09. The first-order valence-electron chi connectivity index (χ1n) is 13.3. The molecule has 10 heteroatoms. The van der Waals surface area contributed by atoms with E-state index in [1.165, 1.54) is 17.0 Å². The fraction of sp³-hybridized carbons (Fsp3) is 0.333. The van der Waals surface area contributed by atoms with E-state index >= 15 is 0 Å². The summed E-state index contributed by atoms with van der Waals surface area (Å²) in [7, 11) is -4.08. The quantitative estimate of drug-likeness (QED) is 0.264. The van der Waals surface area contributed by atoms with E-state index in [0.717, 1.165) is 45.5 Å². The van der Waals surface area contributed by atoms with Gasteiger partial charge in [-0.3, -0.25) is 13.9 Å². The van der Waals surface area contributed by atoms with Gasteiger partial charge in [-0.05, 0) is 96.5 Å². The van der Waals surface area contributed by atoms with Crippen LogP contribution in [0.15, 0.2) is 83.8 Å². The van der Waals surface area contributed by atoms with Crippen LogP contribution in [0.25, 0.3) is 0 Å². The lowest BCUT2D eigenvalue weighted by molar-refractivity contribution is -0.139. The monoisotopic (exact) mass is 693 g/mol. The summed E-state index contributed by atoms with van der Waals surface area (Å²) in [6.45, 7) is 1.31. The highest BCUT2D eigenvalue weighted by Crippen LogP contribution is 2.26. The van der Waals surface area contributed by atoms with Gasteiger partial charge in [0.25, 0.3) is 10.0 Å². The molecule has 4 rings (SSSR count). The summed E-state index contributed by atoms with van der Waals surface area (Å²) < 4.78 is 29.6. The molecule has 0 radical (unpaired) electrons. The summed E-state index contributed by atoms with van der Waals surface area (Å²) >= 11 is 8.36. The van der Waals surface area contributed by atoms with E-state index in [9.17, 15) is 18.0 Å². The van der Waals surface area contributed by atoms with Gasteiger partial charge >= 0.3 is 0 Å². The van der Waals surface area contributed by atoms with Crippen LogP contribution in [0.4, 0.5) is 5.69 Å². The fourth-order valence-electron chi connectivity index (χ4n) is 4.84. The summed E-state index contributed by atoms with van der Waals surface area (Å²) in [5.41, 5.74) is 1.10. The maximum Gasteiger partial charge on any atom is 0.264 e. The smallest absolute Gasteiger partial charge is 0.264 e. The van der Waals surface area contributed by atoms with Gasteiger partial charge in [0.1, 0.15) is 12.6 Å². The van der Waals surface area contributed by atoms with Gasteiger partial charge in [-0.1, -0.05) is 61.2 Å². The lowest BCUT2D eigenvalue weighted by atomic mass is 9.95. The van der Waals surface area contributed by atoms with E-state index < -0.39 is 28.5 Å². The van der Waals surface area contributed by atoms with Gasteiger partial charge in [-0.2, -0.15) is 0 Å². The summed E-state index contributed by atoms with van der Waals surface area (Å²) in [4.78, 5) is 28.9. The molecule has 1 N–H and O–H groups in total. The van der Waals surface area contributed by atoms with E-state index in [0.29, 0.717) is 10.7 Å². The predicted molar refractivity (Wildman–Crippen MR) is 167 cm³/mol. The fourth-order valence-corrected chi connectivity index (χ4v) is 6.85. The molecular weight excluding hydrogens is 661 g/mol. The van der Waals surface area contributed by atoms with Gasteiger partial charge in [0.05, 0.1) is 10.6 Å². The van der Waals surface area contributed by atoms with Crippen LogP contribution in [-0.4, -0.2) is 43.8 Å². The number of nitrogens with one attached hydrogen (secondary N) is 1. The van der Waals surface area contributed by atoms with Gasteiger partial charge < -0.3 is 10.2 Å². The molecule has 0 saturated heterocycles. The minimum atomic E-state index is -4.08. The second kappa shape index (κ2) is 13.8. The number of carbonyl (C=O) groups is 2. The van der Waals surface area contributed by atoms with Crippen LogP contribution in [0.1, 0.15) is 44.6 Å². The Labute approximate surface area is 255 Å². The number of benzene rings is 3. The zero-order chi connectivity index (χ0) is 28.7. The first-order chi connectivity index (χ1) is 19.1.